The van der Waals surface area contributed by atoms with E-state index in [2.05, 4.69) is 26.1 Å². The maximum atomic E-state index is 11.9. The molecule has 0 bridgehead atoms. The summed E-state index contributed by atoms with van der Waals surface area (Å²) in [6, 6.07) is -0.647. The van der Waals surface area contributed by atoms with E-state index in [-0.39, 0.29) is 10.9 Å². The van der Waals surface area contributed by atoms with Crippen LogP contribution in [0.5, 0.6) is 0 Å². The molecule has 1 aromatic rings. The van der Waals surface area contributed by atoms with Crippen molar-refractivity contribution < 1.29 is 14.3 Å². The Hall–Kier alpha value is -1.74. The largest absolute Gasteiger partial charge is 0.383 e. The second-order valence-electron chi connectivity index (χ2n) is 3.92. The summed E-state index contributed by atoms with van der Waals surface area (Å²) in [7, 11) is 1.55. The van der Waals surface area contributed by atoms with Gasteiger partial charge in [0.05, 0.1) is 6.61 Å². The van der Waals surface area contributed by atoms with Gasteiger partial charge in [0.15, 0.2) is 0 Å². The van der Waals surface area contributed by atoms with E-state index in [4.69, 9.17) is 4.74 Å². The van der Waals surface area contributed by atoms with Gasteiger partial charge >= 0.3 is 0 Å². The van der Waals surface area contributed by atoms with Crippen LogP contribution in [0.1, 0.15) is 23.6 Å². The van der Waals surface area contributed by atoms with Crippen molar-refractivity contribution in [1.29, 1.82) is 0 Å². The summed E-state index contributed by atoms with van der Waals surface area (Å²) >= 11 is 1.14. The van der Waals surface area contributed by atoms with Crippen molar-refractivity contribution in [3.8, 4) is 0 Å². The molecule has 9 heteroatoms. The second-order valence-corrected chi connectivity index (χ2v) is 4.90. The zero-order chi connectivity index (χ0) is 15.0. The van der Waals surface area contributed by atoms with Gasteiger partial charge in [0.1, 0.15) is 6.04 Å². The first-order chi connectivity index (χ1) is 9.58. The number of ether oxygens (including phenoxy) is 1. The molecule has 20 heavy (non-hydrogen) atoms. The molecule has 0 radical (unpaired) electrons. The van der Waals surface area contributed by atoms with E-state index >= 15 is 0 Å². The number of anilines is 1. The van der Waals surface area contributed by atoms with Gasteiger partial charge in [-0.05, 0) is 13.8 Å². The zero-order valence-corrected chi connectivity index (χ0v) is 12.5. The average Bonchev–Trinajstić information content (AvgIpc) is 2.88. The first-order valence-electron chi connectivity index (χ1n) is 6.23. The molecular formula is C11H19N5O3S. The fourth-order valence-electron chi connectivity index (χ4n) is 1.29. The monoisotopic (exact) mass is 301 g/mol. The zero-order valence-electron chi connectivity index (χ0n) is 11.7. The molecule has 1 unspecified atom stereocenters. The maximum Gasteiger partial charge on any atom is 0.282 e. The number of nitrogens with zero attached hydrogens (tertiary/aromatic N) is 2. The molecule has 1 aromatic heterocycles. The van der Waals surface area contributed by atoms with Crippen molar-refractivity contribution >= 4 is 28.3 Å². The van der Waals surface area contributed by atoms with Gasteiger partial charge in [-0.3, -0.25) is 9.59 Å². The number of rotatable bonds is 8. The van der Waals surface area contributed by atoms with E-state index in [1.807, 2.05) is 6.92 Å². The third-order valence-corrected chi connectivity index (χ3v) is 3.17. The number of carbonyl (C=O) groups excluding carboxylic acids is 2. The third-order valence-electron chi connectivity index (χ3n) is 2.29. The Bertz CT molecular complexity index is 451. The van der Waals surface area contributed by atoms with Gasteiger partial charge < -0.3 is 20.7 Å². The molecule has 3 N–H and O–H groups in total. The lowest BCUT2D eigenvalue weighted by molar-refractivity contribution is -0.122. The Morgan fingerprint density at radius 1 is 1.40 bits per heavy atom. The van der Waals surface area contributed by atoms with E-state index in [0.717, 1.165) is 11.3 Å². The number of nitrogens with one attached hydrogen (secondary N) is 3. The molecule has 8 nitrogen and oxygen atoms in total. The molecule has 0 saturated heterocycles. The van der Waals surface area contributed by atoms with Crippen LogP contribution in [0.3, 0.4) is 0 Å². The first-order valence-corrected chi connectivity index (χ1v) is 7.05. The fourth-order valence-corrected chi connectivity index (χ4v) is 2.01. The Morgan fingerprint density at radius 3 is 2.80 bits per heavy atom. The first kappa shape index (κ1) is 16.3. The second kappa shape index (κ2) is 8.43. The molecule has 0 aliphatic carbocycles. The van der Waals surface area contributed by atoms with E-state index in [0.29, 0.717) is 24.8 Å². The van der Waals surface area contributed by atoms with Gasteiger partial charge in [0.2, 0.25) is 16.0 Å². The lowest BCUT2D eigenvalue weighted by Crippen LogP contribution is -2.45. The summed E-state index contributed by atoms with van der Waals surface area (Å²) in [4.78, 5) is 23.5. The minimum atomic E-state index is -0.647. The average molecular weight is 301 g/mol. The number of hydrogen-bond acceptors (Lipinski definition) is 7. The van der Waals surface area contributed by atoms with Gasteiger partial charge in [-0.25, -0.2) is 0 Å². The molecule has 1 atom stereocenters. The molecule has 0 saturated carbocycles. The minimum Gasteiger partial charge on any atom is -0.383 e. The molecule has 0 fully saturated rings. The molecule has 0 aliphatic heterocycles. The highest BCUT2D eigenvalue weighted by atomic mass is 32.1. The maximum absolute atomic E-state index is 11.9. The smallest absolute Gasteiger partial charge is 0.282 e. The SMILES string of the molecule is CCNc1nnc(C(=O)NC(C)C(=O)NCCOC)s1. The number of aromatic nitrogens is 2. The van der Waals surface area contributed by atoms with Crippen molar-refractivity contribution in [2.24, 2.45) is 0 Å². The lowest BCUT2D eigenvalue weighted by Gasteiger charge is -2.12. The van der Waals surface area contributed by atoms with Crippen LogP contribution in [-0.2, 0) is 9.53 Å². The number of carbonyl (C=O) groups is 2. The highest BCUT2D eigenvalue weighted by Gasteiger charge is 2.19. The molecule has 1 rings (SSSR count). The van der Waals surface area contributed by atoms with Crippen LogP contribution < -0.4 is 16.0 Å². The number of methoxy groups -OCH3 is 1. The topological polar surface area (TPSA) is 105 Å². The van der Waals surface area contributed by atoms with Crippen LogP contribution in [0.4, 0.5) is 5.13 Å². The predicted octanol–water partition coefficient (Wildman–Crippen LogP) is -0.149. The van der Waals surface area contributed by atoms with E-state index in [9.17, 15) is 9.59 Å². The molecule has 0 aromatic carbocycles. The Balaban J connectivity index is 2.45. The Morgan fingerprint density at radius 2 is 2.15 bits per heavy atom. The van der Waals surface area contributed by atoms with Crippen molar-refractivity contribution in [2.45, 2.75) is 19.9 Å². The van der Waals surface area contributed by atoms with Crippen LogP contribution >= 0.6 is 11.3 Å². The van der Waals surface area contributed by atoms with Crippen LogP contribution in [0, 0.1) is 0 Å². The third kappa shape index (κ3) is 5.10. The Labute approximate surface area is 121 Å². The van der Waals surface area contributed by atoms with Crippen molar-refractivity contribution in [3.63, 3.8) is 0 Å². The normalized spacial score (nSPS) is 11.8. The van der Waals surface area contributed by atoms with Gasteiger partial charge in [-0.1, -0.05) is 11.3 Å². The lowest BCUT2D eigenvalue weighted by atomic mass is 10.3. The summed E-state index contributed by atoms with van der Waals surface area (Å²) < 4.78 is 4.82. The van der Waals surface area contributed by atoms with Crippen molar-refractivity contribution in [3.05, 3.63) is 5.01 Å². The Kier molecular flexibility index (Phi) is 6.88. The summed E-state index contributed by atoms with van der Waals surface area (Å²) in [5.74, 6) is -0.687. The fraction of sp³-hybridized carbons (Fsp3) is 0.636. The summed E-state index contributed by atoms with van der Waals surface area (Å²) in [6.45, 7) is 5.06. The van der Waals surface area contributed by atoms with Gasteiger partial charge in [0.25, 0.3) is 5.91 Å². The van der Waals surface area contributed by atoms with Crippen LogP contribution in [0.15, 0.2) is 0 Å². The van der Waals surface area contributed by atoms with Crippen LogP contribution in [0.2, 0.25) is 0 Å². The molecule has 2 amide bonds. The number of amides is 2. The number of hydrogen-bond donors (Lipinski definition) is 3. The summed E-state index contributed by atoms with van der Waals surface area (Å²) in [6.07, 6.45) is 0. The highest BCUT2D eigenvalue weighted by molar-refractivity contribution is 7.17. The van der Waals surface area contributed by atoms with Gasteiger partial charge in [-0.2, -0.15) is 0 Å². The van der Waals surface area contributed by atoms with E-state index in [1.54, 1.807) is 14.0 Å². The minimum absolute atomic E-state index is 0.220. The highest BCUT2D eigenvalue weighted by Crippen LogP contribution is 2.14. The van der Waals surface area contributed by atoms with Crippen LogP contribution in [-0.4, -0.2) is 54.9 Å². The van der Waals surface area contributed by atoms with Crippen LogP contribution in [0.25, 0.3) is 0 Å². The van der Waals surface area contributed by atoms with E-state index < -0.39 is 11.9 Å². The van der Waals surface area contributed by atoms with E-state index in [1.165, 1.54) is 0 Å². The summed E-state index contributed by atoms with van der Waals surface area (Å²) in [5.41, 5.74) is 0. The molecule has 1 heterocycles. The molecule has 0 aliphatic rings. The quantitative estimate of drug-likeness (QED) is 0.577. The van der Waals surface area contributed by atoms with Crippen molar-refractivity contribution in [1.82, 2.24) is 20.8 Å². The molecule has 112 valence electrons. The summed E-state index contributed by atoms with van der Waals surface area (Å²) in [5, 5.41) is 16.6. The standard InChI is InChI=1S/C11H19N5O3S/c1-4-12-11-16-15-10(20-11)9(18)14-7(2)8(17)13-5-6-19-3/h7H,4-6H2,1-3H3,(H,12,16)(H,13,17)(H,14,18). The van der Waals surface area contributed by atoms with Gasteiger partial charge in [0, 0.05) is 20.2 Å². The van der Waals surface area contributed by atoms with Gasteiger partial charge in [-0.15, -0.1) is 10.2 Å². The predicted molar refractivity (Wildman–Crippen MR) is 75.9 cm³/mol. The van der Waals surface area contributed by atoms with Crippen molar-refractivity contribution in [2.75, 3.05) is 32.1 Å². The molecular weight excluding hydrogens is 282 g/mol. The molecule has 0 spiro atoms.